The van der Waals surface area contributed by atoms with Crippen LogP contribution in [0.2, 0.25) is 0 Å². The summed E-state index contributed by atoms with van der Waals surface area (Å²) in [7, 11) is 1.66. The minimum absolute atomic E-state index is 0.342. The van der Waals surface area contributed by atoms with Gasteiger partial charge in [0.15, 0.2) is 5.96 Å². The third-order valence-electron chi connectivity index (χ3n) is 3.46. The van der Waals surface area contributed by atoms with Gasteiger partial charge in [0.1, 0.15) is 17.9 Å². The fourth-order valence-corrected chi connectivity index (χ4v) is 2.38. The molecule has 0 unspecified atom stereocenters. The molecule has 3 rings (SSSR count). The molecule has 5 heteroatoms. The third kappa shape index (κ3) is 3.70. The minimum atomic E-state index is 0.342. The second kappa shape index (κ2) is 6.98. The highest BCUT2D eigenvalue weighted by Gasteiger charge is 2.04. The Balaban J connectivity index is 1.70. The van der Waals surface area contributed by atoms with Crippen LogP contribution in [-0.4, -0.2) is 13.1 Å². The van der Waals surface area contributed by atoms with Crippen molar-refractivity contribution >= 4 is 22.6 Å². The van der Waals surface area contributed by atoms with Crippen LogP contribution in [-0.2, 0) is 17.9 Å². The zero-order chi connectivity index (χ0) is 16.1. The van der Waals surface area contributed by atoms with Crippen molar-refractivity contribution in [2.75, 3.05) is 12.4 Å². The number of aliphatic imine (C=N–C) groups is 1. The molecule has 0 fully saturated rings. The van der Waals surface area contributed by atoms with Crippen LogP contribution in [0, 0.1) is 0 Å². The standard InChI is InChI=1S/C18H19N3O2/c1-22-12-14-7-2-4-8-16(14)21-18(19)20-11-15-10-13-6-3-5-9-17(13)23-15/h2-10H,11-12H2,1H3,(H3,19,20,21). The van der Waals surface area contributed by atoms with Crippen molar-refractivity contribution in [3.05, 3.63) is 65.9 Å². The first-order valence-electron chi connectivity index (χ1n) is 7.37. The molecular weight excluding hydrogens is 290 g/mol. The molecule has 118 valence electrons. The molecule has 0 spiro atoms. The van der Waals surface area contributed by atoms with Crippen LogP contribution in [0.1, 0.15) is 11.3 Å². The Labute approximate surface area is 134 Å². The maximum Gasteiger partial charge on any atom is 0.193 e. The van der Waals surface area contributed by atoms with Crippen LogP contribution in [0.5, 0.6) is 0 Å². The van der Waals surface area contributed by atoms with E-state index in [1.165, 1.54) is 0 Å². The van der Waals surface area contributed by atoms with Crippen molar-refractivity contribution in [3.8, 4) is 0 Å². The van der Waals surface area contributed by atoms with Gasteiger partial charge in [0.2, 0.25) is 0 Å². The third-order valence-corrected chi connectivity index (χ3v) is 3.46. The highest BCUT2D eigenvalue weighted by Crippen LogP contribution is 2.19. The van der Waals surface area contributed by atoms with Crippen LogP contribution in [0.25, 0.3) is 11.0 Å². The number of nitrogens with one attached hydrogen (secondary N) is 1. The van der Waals surface area contributed by atoms with Gasteiger partial charge in [0, 0.05) is 23.7 Å². The lowest BCUT2D eigenvalue weighted by atomic mass is 10.2. The van der Waals surface area contributed by atoms with Gasteiger partial charge in [0.05, 0.1) is 6.61 Å². The van der Waals surface area contributed by atoms with Crippen LogP contribution in [0.15, 0.2) is 64.0 Å². The molecular formula is C18H19N3O2. The van der Waals surface area contributed by atoms with Gasteiger partial charge in [0.25, 0.3) is 0 Å². The topological polar surface area (TPSA) is 72.8 Å². The van der Waals surface area contributed by atoms with E-state index in [2.05, 4.69) is 10.3 Å². The number of hydrogen-bond acceptors (Lipinski definition) is 3. The zero-order valence-corrected chi connectivity index (χ0v) is 13.0. The average molecular weight is 309 g/mol. The molecule has 0 atom stereocenters. The highest BCUT2D eigenvalue weighted by atomic mass is 16.5. The van der Waals surface area contributed by atoms with E-state index in [4.69, 9.17) is 14.9 Å². The Morgan fingerprint density at radius 3 is 2.78 bits per heavy atom. The summed E-state index contributed by atoms with van der Waals surface area (Å²) >= 11 is 0. The Morgan fingerprint density at radius 1 is 1.17 bits per heavy atom. The maximum absolute atomic E-state index is 5.97. The van der Waals surface area contributed by atoms with Crippen LogP contribution < -0.4 is 11.1 Å². The predicted octanol–water partition coefficient (Wildman–Crippen LogP) is 3.51. The van der Waals surface area contributed by atoms with E-state index in [0.29, 0.717) is 19.1 Å². The second-order valence-electron chi connectivity index (χ2n) is 5.17. The number of guanidine groups is 1. The van der Waals surface area contributed by atoms with Crippen LogP contribution in [0.3, 0.4) is 0 Å². The van der Waals surface area contributed by atoms with E-state index >= 15 is 0 Å². The van der Waals surface area contributed by atoms with E-state index in [0.717, 1.165) is 28.0 Å². The molecule has 2 aromatic carbocycles. The van der Waals surface area contributed by atoms with Crippen molar-refractivity contribution < 1.29 is 9.15 Å². The smallest absolute Gasteiger partial charge is 0.193 e. The van der Waals surface area contributed by atoms with E-state index in [9.17, 15) is 0 Å². The largest absolute Gasteiger partial charge is 0.459 e. The first kappa shape index (κ1) is 15.1. The molecule has 0 amide bonds. The van der Waals surface area contributed by atoms with Crippen LogP contribution in [0.4, 0.5) is 5.69 Å². The molecule has 23 heavy (non-hydrogen) atoms. The maximum atomic E-state index is 5.97. The SMILES string of the molecule is COCc1ccccc1NC(N)=NCc1cc2ccccc2o1. The van der Waals surface area contributed by atoms with Gasteiger partial charge in [-0.2, -0.15) is 0 Å². The second-order valence-corrected chi connectivity index (χ2v) is 5.17. The molecule has 0 saturated heterocycles. The van der Waals surface area contributed by atoms with Crippen molar-refractivity contribution in [2.45, 2.75) is 13.2 Å². The number of hydrogen-bond donors (Lipinski definition) is 2. The molecule has 5 nitrogen and oxygen atoms in total. The molecule has 0 aliphatic carbocycles. The zero-order valence-electron chi connectivity index (χ0n) is 13.0. The molecule has 0 aliphatic rings. The van der Waals surface area contributed by atoms with Crippen molar-refractivity contribution in [3.63, 3.8) is 0 Å². The lowest BCUT2D eigenvalue weighted by Gasteiger charge is -2.10. The number of methoxy groups -OCH3 is 1. The first-order chi connectivity index (χ1) is 11.3. The van der Waals surface area contributed by atoms with Gasteiger partial charge in [-0.05, 0) is 18.2 Å². The quantitative estimate of drug-likeness (QED) is 0.559. The fourth-order valence-electron chi connectivity index (χ4n) is 2.38. The Bertz CT molecular complexity index is 791. The number of ether oxygens (including phenoxy) is 1. The number of nitrogens with zero attached hydrogens (tertiary/aromatic N) is 1. The first-order valence-corrected chi connectivity index (χ1v) is 7.37. The van der Waals surface area contributed by atoms with E-state index in [1.54, 1.807) is 7.11 Å². The fraction of sp³-hybridized carbons (Fsp3) is 0.167. The van der Waals surface area contributed by atoms with Gasteiger partial charge < -0.3 is 20.2 Å². The highest BCUT2D eigenvalue weighted by molar-refractivity contribution is 5.93. The normalized spacial score (nSPS) is 11.8. The molecule has 0 saturated carbocycles. The lowest BCUT2D eigenvalue weighted by Crippen LogP contribution is -2.23. The number of nitrogens with two attached hydrogens (primary N) is 1. The average Bonchev–Trinajstić information content (AvgIpc) is 2.98. The molecule has 0 radical (unpaired) electrons. The molecule has 0 aliphatic heterocycles. The summed E-state index contributed by atoms with van der Waals surface area (Å²) in [5.74, 6) is 1.12. The van der Waals surface area contributed by atoms with E-state index < -0.39 is 0 Å². The number of fused-ring (bicyclic) bond motifs is 1. The van der Waals surface area contributed by atoms with Gasteiger partial charge in [-0.1, -0.05) is 36.4 Å². The number of furan rings is 1. The van der Waals surface area contributed by atoms with Crippen molar-refractivity contribution in [1.82, 2.24) is 0 Å². The molecule has 3 N–H and O–H groups in total. The lowest BCUT2D eigenvalue weighted by molar-refractivity contribution is 0.185. The van der Waals surface area contributed by atoms with E-state index in [1.807, 2.05) is 54.6 Å². The van der Waals surface area contributed by atoms with Gasteiger partial charge in [-0.25, -0.2) is 4.99 Å². The summed E-state index contributed by atoms with van der Waals surface area (Å²) in [4.78, 5) is 4.33. The summed E-state index contributed by atoms with van der Waals surface area (Å²) in [6.07, 6.45) is 0. The number of benzene rings is 2. The molecule has 1 aromatic heterocycles. The van der Waals surface area contributed by atoms with Crippen LogP contribution >= 0.6 is 0 Å². The van der Waals surface area contributed by atoms with E-state index in [-0.39, 0.29) is 0 Å². The van der Waals surface area contributed by atoms with Crippen molar-refractivity contribution in [2.24, 2.45) is 10.7 Å². The summed E-state index contributed by atoms with van der Waals surface area (Å²) in [5, 5.41) is 4.17. The Hall–Kier alpha value is -2.79. The minimum Gasteiger partial charge on any atom is -0.459 e. The summed E-state index contributed by atoms with van der Waals surface area (Å²) in [6.45, 7) is 0.903. The van der Waals surface area contributed by atoms with Gasteiger partial charge in [-0.3, -0.25) is 0 Å². The summed E-state index contributed by atoms with van der Waals surface area (Å²) in [6, 6.07) is 17.7. The molecule has 3 aromatic rings. The van der Waals surface area contributed by atoms with Gasteiger partial charge in [-0.15, -0.1) is 0 Å². The Morgan fingerprint density at radius 2 is 1.96 bits per heavy atom. The number of rotatable bonds is 5. The molecule has 0 bridgehead atoms. The summed E-state index contributed by atoms with van der Waals surface area (Å²) < 4.78 is 10.9. The number of anilines is 1. The monoisotopic (exact) mass is 309 g/mol. The van der Waals surface area contributed by atoms with Gasteiger partial charge >= 0.3 is 0 Å². The number of para-hydroxylation sites is 2. The summed E-state index contributed by atoms with van der Waals surface area (Å²) in [5.41, 5.74) is 8.74. The Kier molecular flexibility index (Phi) is 4.59. The predicted molar refractivity (Wildman–Crippen MR) is 92.3 cm³/mol. The van der Waals surface area contributed by atoms with Crippen molar-refractivity contribution in [1.29, 1.82) is 0 Å². The molecule has 1 heterocycles.